The van der Waals surface area contributed by atoms with Crippen LogP contribution in [0.5, 0.6) is 0 Å². The van der Waals surface area contributed by atoms with E-state index in [0.717, 1.165) is 35.4 Å². The van der Waals surface area contributed by atoms with Gasteiger partial charge in [0, 0.05) is 17.0 Å². The summed E-state index contributed by atoms with van der Waals surface area (Å²) in [7, 11) is 0. The van der Waals surface area contributed by atoms with Crippen LogP contribution < -0.4 is 0 Å². The first-order valence-corrected chi connectivity index (χ1v) is 8.41. The van der Waals surface area contributed by atoms with Crippen molar-refractivity contribution in [2.45, 2.75) is 30.0 Å². The van der Waals surface area contributed by atoms with Crippen LogP contribution in [0.3, 0.4) is 0 Å². The van der Waals surface area contributed by atoms with Crippen LogP contribution in [0, 0.1) is 5.82 Å². The molecular weight excluding hydrogens is 297 g/mol. The van der Waals surface area contributed by atoms with Crippen molar-refractivity contribution in [2.24, 2.45) is 0 Å². The predicted octanol–water partition coefficient (Wildman–Crippen LogP) is 4.87. The molecule has 1 atom stereocenters. The van der Waals surface area contributed by atoms with Gasteiger partial charge in [0.1, 0.15) is 11.2 Å². The zero-order chi connectivity index (χ0) is 15.5. The molecule has 2 aromatic rings. The van der Waals surface area contributed by atoms with Gasteiger partial charge in [0.05, 0.1) is 0 Å². The molecular formula is C18H18FNOS. The van der Waals surface area contributed by atoms with Crippen molar-refractivity contribution in [1.29, 1.82) is 0 Å². The topological polar surface area (TPSA) is 20.3 Å². The van der Waals surface area contributed by atoms with E-state index in [1.54, 1.807) is 23.9 Å². The Morgan fingerprint density at radius 3 is 2.59 bits per heavy atom. The second-order valence-electron chi connectivity index (χ2n) is 5.36. The largest absolute Gasteiger partial charge is 0.322 e. The lowest BCUT2D eigenvalue weighted by molar-refractivity contribution is 0.0771. The molecule has 0 fully saturated rings. The van der Waals surface area contributed by atoms with Gasteiger partial charge in [-0.3, -0.25) is 4.79 Å². The van der Waals surface area contributed by atoms with Crippen molar-refractivity contribution in [3.05, 3.63) is 65.5 Å². The average Bonchev–Trinajstić information content (AvgIpc) is 2.80. The van der Waals surface area contributed by atoms with Crippen molar-refractivity contribution >= 4 is 17.7 Å². The zero-order valence-electron chi connectivity index (χ0n) is 12.5. The average molecular weight is 315 g/mol. The van der Waals surface area contributed by atoms with Gasteiger partial charge in [-0.1, -0.05) is 43.3 Å². The van der Waals surface area contributed by atoms with E-state index in [1.165, 1.54) is 12.1 Å². The summed E-state index contributed by atoms with van der Waals surface area (Å²) < 4.78 is 13.1. The smallest absolute Gasteiger partial charge is 0.255 e. The number of carbonyl (C=O) groups is 1. The van der Waals surface area contributed by atoms with Gasteiger partial charge >= 0.3 is 0 Å². The number of amides is 1. The third kappa shape index (κ3) is 2.88. The monoisotopic (exact) mass is 315 g/mol. The number of unbranched alkanes of at least 4 members (excludes halogenated alkanes) is 1. The van der Waals surface area contributed by atoms with Crippen LogP contribution >= 0.6 is 11.8 Å². The van der Waals surface area contributed by atoms with Gasteiger partial charge in [-0.2, -0.15) is 0 Å². The Bertz CT molecular complexity index is 671. The highest BCUT2D eigenvalue weighted by atomic mass is 32.2. The third-order valence-electron chi connectivity index (χ3n) is 3.82. The summed E-state index contributed by atoms with van der Waals surface area (Å²) in [6.45, 7) is 2.87. The fourth-order valence-corrected chi connectivity index (χ4v) is 3.86. The maximum Gasteiger partial charge on any atom is 0.255 e. The fraction of sp³-hybridized carbons (Fsp3) is 0.278. The number of nitrogens with zero attached hydrogens (tertiary/aromatic N) is 1. The molecule has 0 spiro atoms. The van der Waals surface area contributed by atoms with Gasteiger partial charge in [0.2, 0.25) is 0 Å². The molecule has 3 rings (SSSR count). The minimum atomic E-state index is -0.241. The summed E-state index contributed by atoms with van der Waals surface area (Å²) in [5.74, 6) is -0.140. The van der Waals surface area contributed by atoms with Gasteiger partial charge in [-0.05, 0) is 42.3 Å². The lowest BCUT2D eigenvalue weighted by Crippen LogP contribution is -2.27. The molecule has 0 bridgehead atoms. The summed E-state index contributed by atoms with van der Waals surface area (Å²) in [6, 6.07) is 14.2. The van der Waals surface area contributed by atoms with Gasteiger partial charge < -0.3 is 4.90 Å². The number of halogens is 1. The molecule has 0 saturated heterocycles. The number of benzene rings is 2. The molecule has 4 heteroatoms. The second-order valence-corrected chi connectivity index (χ2v) is 6.52. The SMILES string of the molecule is CCCCN1C(=O)c2ccccc2[C@@H]1Sc1ccc(F)cc1. The van der Waals surface area contributed by atoms with Crippen LogP contribution in [0.4, 0.5) is 4.39 Å². The summed E-state index contributed by atoms with van der Waals surface area (Å²) in [5, 5.41) is -0.0271. The molecule has 0 N–H and O–H groups in total. The maximum absolute atomic E-state index is 13.1. The van der Waals surface area contributed by atoms with Gasteiger partial charge in [-0.25, -0.2) is 4.39 Å². The molecule has 1 heterocycles. The van der Waals surface area contributed by atoms with Gasteiger partial charge in [0.25, 0.3) is 5.91 Å². The fourth-order valence-electron chi connectivity index (χ4n) is 2.65. The number of fused-ring (bicyclic) bond motifs is 1. The van der Waals surface area contributed by atoms with Gasteiger partial charge in [0.15, 0.2) is 0 Å². The second kappa shape index (κ2) is 6.53. The van der Waals surface area contributed by atoms with E-state index in [0.29, 0.717) is 0 Å². The van der Waals surface area contributed by atoms with E-state index in [4.69, 9.17) is 0 Å². The highest BCUT2D eigenvalue weighted by Gasteiger charge is 2.36. The maximum atomic E-state index is 13.1. The van der Waals surface area contributed by atoms with E-state index >= 15 is 0 Å². The van der Waals surface area contributed by atoms with Gasteiger partial charge in [-0.15, -0.1) is 0 Å². The number of hydrogen-bond donors (Lipinski definition) is 0. The quantitative estimate of drug-likeness (QED) is 0.784. The first-order chi connectivity index (χ1) is 10.7. The number of thioether (sulfide) groups is 1. The van der Waals surface area contributed by atoms with Crippen molar-refractivity contribution in [3.8, 4) is 0 Å². The van der Waals surface area contributed by atoms with E-state index in [1.807, 2.05) is 29.2 Å². The highest BCUT2D eigenvalue weighted by Crippen LogP contribution is 2.44. The molecule has 114 valence electrons. The Morgan fingerprint density at radius 2 is 1.86 bits per heavy atom. The van der Waals surface area contributed by atoms with E-state index < -0.39 is 0 Å². The minimum absolute atomic E-state index is 0.0271. The molecule has 0 radical (unpaired) electrons. The van der Waals surface area contributed by atoms with E-state index in [9.17, 15) is 9.18 Å². The molecule has 0 aliphatic carbocycles. The molecule has 22 heavy (non-hydrogen) atoms. The van der Waals surface area contributed by atoms with Crippen LogP contribution in [0.25, 0.3) is 0 Å². The number of rotatable bonds is 5. The Balaban J connectivity index is 1.90. The molecule has 0 aromatic heterocycles. The van der Waals surface area contributed by atoms with Crippen molar-refractivity contribution in [1.82, 2.24) is 4.90 Å². The Morgan fingerprint density at radius 1 is 1.14 bits per heavy atom. The number of hydrogen-bond acceptors (Lipinski definition) is 2. The normalized spacial score (nSPS) is 16.9. The Labute approximate surface area is 134 Å². The third-order valence-corrected chi connectivity index (χ3v) is 5.09. The first-order valence-electron chi connectivity index (χ1n) is 7.53. The summed E-state index contributed by atoms with van der Waals surface area (Å²) in [4.78, 5) is 15.5. The Hall–Kier alpha value is -1.81. The molecule has 1 aliphatic rings. The lowest BCUT2D eigenvalue weighted by Gasteiger charge is -2.24. The van der Waals surface area contributed by atoms with Crippen LogP contribution in [0.2, 0.25) is 0 Å². The first kappa shape index (κ1) is 15.1. The molecule has 1 amide bonds. The van der Waals surface area contributed by atoms with Crippen molar-refractivity contribution in [2.75, 3.05) is 6.54 Å². The minimum Gasteiger partial charge on any atom is -0.322 e. The van der Waals surface area contributed by atoms with Crippen LogP contribution in [0.15, 0.2) is 53.4 Å². The van der Waals surface area contributed by atoms with E-state index in [-0.39, 0.29) is 17.1 Å². The molecule has 2 nitrogen and oxygen atoms in total. The molecule has 1 aliphatic heterocycles. The van der Waals surface area contributed by atoms with Crippen LogP contribution in [-0.4, -0.2) is 17.4 Å². The highest BCUT2D eigenvalue weighted by molar-refractivity contribution is 7.99. The molecule has 2 aromatic carbocycles. The molecule has 0 saturated carbocycles. The van der Waals surface area contributed by atoms with Crippen molar-refractivity contribution < 1.29 is 9.18 Å². The standard InChI is InChI=1S/C18H18FNOS/c1-2-3-12-20-17(21)15-6-4-5-7-16(15)18(20)22-14-10-8-13(19)9-11-14/h4-11,18H,2-3,12H2,1H3/t18-/m0/s1. The summed E-state index contributed by atoms with van der Waals surface area (Å²) in [6.07, 6.45) is 2.04. The summed E-state index contributed by atoms with van der Waals surface area (Å²) in [5.41, 5.74) is 1.84. The van der Waals surface area contributed by atoms with Crippen molar-refractivity contribution in [3.63, 3.8) is 0 Å². The summed E-state index contributed by atoms with van der Waals surface area (Å²) >= 11 is 1.60. The predicted molar refractivity (Wildman–Crippen MR) is 87.4 cm³/mol. The van der Waals surface area contributed by atoms with E-state index in [2.05, 4.69) is 6.92 Å². The lowest BCUT2D eigenvalue weighted by atomic mass is 10.1. The zero-order valence-corrected chi connectivity index (χ0v) is 13.3. The van der Waals surface area contributed by atoms with Crippen LogP contribution in [-0.2, 0) is 0 Å². The Kier molecular flexibility index (Phi) is 4.48. The van der Waals surface area contributed by atoms with Crippen LogP contribution in [0.1, 0.15) is 41.1 Å². The molecule has 0 unspecified atom stereocenters. The number of carbonyl (C=O) groups excluding carboxylic acids is 1.